The normalized spacial score (nSPS) is 20.6. The molecule has 1 aromatic rings. The van der Waals surface area contributed by atoms with Crippen LogP contribution in [0.5, 0.6) is 0 Å². The number of fused-ring (bicyclic) bond motifs is 1. The Morgan fingerprint density at radius 3 is 3.11 bits per heavy atom. The first kappa shape index (κ1) is 13.4. The van der Waals surface area contributed by atoms with E-state index >= 15 is 0 Å². The molecule has 1 heterocycles. The van der Waals surface area contributed by atoms with Crippen LogP contribution in [0.15, 0.2) is 11.4 Å². The first-order valence-electron chi connectivity index (χ1n) is 5.89. The van der Waals surface area contributed by atoms with Crippen LogP contribution in [0.25, 0.3) is 0 Å². The van der Waals surface area contributed by atoms with Crippen molar-refractivity contribution < 1.29 is 18.7 Å². The summed E-state index contributed by atoms with van der Waals surface area (Å²) < 4.78 is 24.2. The summed E-state index contributed by atoms with van der Waals surface area (Å²) in [6.07, 6.45) is -1.97. The van der Waals surface area contributed by atoms with E-state index in [-0.39, 0.29) is 11.8 Å². The second-order valence-electron chi connectivity index (χ2n) is 4.39. The third-order valence-corrected chi connectivity index (χ3v) is 4.14. The molecular weight excluding hydrogens is 260 g/mol. The number of aryl methyl sites for hydroxylation is 1. The molecular formula is C12H15F2NO2S. The number of amides is 1. The van der Waals surface area contributed by atoms with E-state index in [1.54, 1.807) is 11.3 Å². The summed E-state index contributed by atoms with van der Waals surface area (Å²) in [6, 6.07) is 1.92. The highest BCUT2D eigenvalue weighted by Gasteiger charge is 2.28. The SMILES string of the molecule is O=C(NCC(O)C(F)F)C1CCCc2sccc21. The molecule has 3 nitrogen and oxygen atoms in total. The van der Waals surface area contributed by atoms with Gasteiger partial charge < -0.3 is 10.4 Å². The zero-order chi connectivity index (χ0) is 13.1. The lowest BCUT2D eigenvalue weighted by atomic mass is 9.87. The molecule has 0 aromatic carbocycles. The van der Waals surface area contributed by atoms with Gasteiger partial charge in [0, 0.05) is 11.4 Å². The first-order chi connectivity index (χ1) is 8.59. The molecule has 0 spiro atoms. The van der Waals surface area contributed by atoms with E-state index in [1.165, 1.54) is 4.88 Å². The van der Waals surface area contributed by atoms with Crippen molar-refractivity contribution in [2.24, 2.45) is 0 Å². The Balaban J connectivity index is 1.95. The van der Waals surface area contributed by atoms with Crippen LogP contribution in [0.1, 0.15) is 29.2 Å². The minimum atomic E-state index is -2.83. The van der Waals surface area contributed by atoms with Gasteiger partial charge in [-0.1, -0.05) is 0 Å². The second kappa shape index (κ2) is 5.75. The van der Waals surface area contributed by atoms with Crippen molar-refractivity contribution in [3.05, 3.63) is 21.9 Å². The lowest BCUT2D eigenvalue weighted by Crippen LogP contribution is -2.38. The number of alkyl halides is 2. The standard InChI is InChI=1S/C12H15F2NO2S/c13-11(14)9(16)6-15-12(17)8-2-1-3-10-7(8)4-5-18-10/h4-5,8-9,11,16H,1-3,6H2,(H,15,17). The summed E-state index contributed by atoms with van der Waals surface area (Å²) in [6.45, 7) is -0.396. The predicted molar refractivity (Wildman–Crippen MR) is 65.0 cm³/mol. The summed E-state index contributed by atoms with van der Waals surface area (Å²) in [5.41, 5.74) is 1.01. The minimum Gasteiger partial charge on any atom is -0.385 e. The summed E-state index contributed by atoms with van der Waals surface area (Å²) in [7, 11) is 0. The van der Waals surface area contributed by atoms with Gasteiger partial charge in [-0.2, -0.15) is 0 Å². The van der Waals surface area contributed by atoms with Crippen LogP contribution in [0, 0.1) is 0 Å². The third-order valence-electron chi connectivity index (χ3n) is 3.14. The van der Waals surface area contributed by atoms with Crippen molar-refractivity contribution in [2.45, 2.75) is 37.7 Å². The highest BCUT2D eigenvalue weighted by atomic mass is 32.1. The van der Waals surface area contributed by atoms with E-state index in [9.17, 15) is 13.6 Å². The smallest absolute Gasteiger partial charge is 0.265 e. The zero-order valence-corrected chi connectivity index (χ0v) is 10.6. The maximum atomic E-state index is 12.1. The van der Waals surface area contributed by atoms with E-state index in [0.717, 1.165) is 24.8 Å². The second-order valence-corrected chi connectivity index (χ2v) is 5.39. The number of carbonyl (C=O) groups is 1. The molecule has 0 saturated heterocycles. The van der Waals surface area contributed by atoms with Crippen LogP contribution in [0.4, 0.5) is 8.78 Å². The molecule has 2 rings (SSSR count). The maximum absolute atomic E-state index is 12.1. The number of hydrogen-bond donors (Lipinski definition) is 2. The number of thiophene rings is 1. The van der Waals surface area contributed by atoms with Gasteiger partial charge in [-0.15, -0.1) is 11.3 Å². The number of aliphatic hydroxyl groups excluding tert-OH is 1. The summed E-state index contributed by atoms with van der Waals surface area (Å²) in [5, 5.41) is 13.3. The largest absolute Gasteiger partial charge is 0.385 e. The van der Waals surface area contributed by atoms with E-state index in [2.05, 4.69) is 5.32 Å². The van der Waals surface area contributed by atoms with Gasteiger partial charge >= 0.3 is 0 Å². The molecule has 0 aliphatic heterocycles. The highest BCUT2D eigenvalue weighted by molar-refractivity contribution is 7.10. The van der Waals surface area contributed by atoms with Gasteiger partial charge in [0.15, 0.2) is 0 Å². The lowest BCUT2D eigenvalue weighted by Gasteiger charge is -2.22. The van der Waals surface area contributed by atoms with Crippen molar-refractivity contribution in [3.8, 4) is 0 Å². The van der Waals surface area contributed by atoms with E-state index in [1.807, 2.05) is 11.4 Å². The Kier molecular flexibility index (Phi) is 4.29. The summed E-state index contributed by atoms with van der Waals surface area (Å²) >= 11 is 1.63. The topological polar surface area (TPSA) is 49.3 Å². The molecule has 0 radical (unpaired) electrons. The van der Waals surface area contributed by atoms with Crippen molar-refractivity contribution >= 4 is 17.2 Å². The quantitative estimate of drug-likeness (QED) is 0.882. The van der Waals surface area contributed by atoms with E-state index in [0.29, 0.717) is 0 Å². The van der Waals surface area contributed by atoms with Gasteiger partial charge in [-0.3, -0.25) is 4.79 Å². The average Bonchev–Trinajstić information content (AvgIpc) is 2.83. The van der Waals surface area contributed by atoms with Gasteiger partial charge in [0.2, 0.25) is 5.91 Å². The predicted octanol–water partition coefficient (Wildman–Crippen LogP) is 1.91. The molecule has 0 saturated carbocycles. The van der Waals surface area contributed by atoms with Crippen LogP contribution in [0.3, 0.4) is 0 Å². The Bertz CT molecular complexity index is 422. The fourth-order valence-corrected chi connectivity index (χ4v) is 3.16. The first-order valence-corrected chi connectivity index (χ1v) is 6.77. The average molecular weight is 275 g/mol. The molecule has 2 atom stereocenters. The van der Waals surface area contributed by atoms with E-state index in [4.69, 9.17) is 5.11 Å². The van der Waals surface area contributed by atoms with Crippen molar-refractivity contribution in [1.82, 2.24) is 5.32 Å². The molecule has 1 aliphatic rings. The van der Waals surface area contributed by atoms with E-state index < -0.39 is 19.1 Å². The molecule has 0 bridgehead atoms. The van der Waals surface area contributed by atoms with Crippen molar-refractivity contribution in [2.75, 3.05) is 6.54 Å². The van der Waals surface area contributed by atoms with Gasteiger partial charge in [-0.05, 0) is 36.3 Å². The number of rotatable bonds is 4. The monoisotopic (exact) mass is 275 g/mol. The molecule has 6 heteroatoms. The summed E-state index contributed by atoms with van der Waals surface area (Å²) in [4.78, 5) is 13.1. The molecule has 18 heavy (non-hydrogen) atoms. The zero-order valence-electron chi connectivity index (χ0n) is 9.73. The molecule has 2 unspecified atom stereocenters. The fraction of sp³-hybridized carbons (Fsp3) is 0.583. The third kappa shape index (κ3) is 2.87. The maximum Gasteiger partial charge on any atom is 0.265 e. The fourth-order valence-electron chi connectivity index (χ4n) is 2.18. The van der Waals surface area contributed by atoms with Gasteiger partial charge in [0.1, 0.15) is 6.10 Å². The molecule has 1 aromatic heterocycles. The van der Waals surface area contributed by atoms with Crippen LogP contribution >= 0.6 is 11.3 Å². The Labute approximate surface area is 108 Å². The number of nitrogens with one attached hydrogen (secondary N) is 1. The Morgan fingerprint density at radius 2 is 2.39 bits per heavy atom. The van der Waals surface area contributed by atoms with Gasteiger partial charge in [0.25, 0.3) is 6.43 Å². The number of carbonyl (C=O) groups excluding carboxylic acids is 1. The van der Waals surface area contributed by atoms with Crippen LogP contribution < -0.4 is 5.32 Å². The molecule has 0 fully saturated rings. The Hall–Kier alpha value is -1.01. The minimum absolute atomic E-state index is 0.259. The number of hydrogen-bond acceptors (Lipinski definition) is 3. The highest BCUT2D eigenvalue weighted by Crippen LogP contribution is 2.34. The summed E-state index contributed by atoms with van der Waals surface area (Å²) in [5.74, 6) is -0.529. The Morgan fingerprint density at radius 1 is 1.61 bits per heavy atom. The van der Waals surface area contributed by atoms with Gasteiger partial charge in [0.05, 0.1) is 5.92 Å². The lowest BCUT2D eigenvalue weighted by molar-refractivity contribution is -0.123. The molecule has 100 valence electrons. The molecule has 1 amide bonds. The van der Waals surface area contributed by atoms with Crippen molar-refractivity contribution in [3.63, 3.8) is 0 Å². The van der Waals surface area contributed by atoms with Crippen molar-refractivity contribution in [1.29, 1.82) is 0 Å². The van der Waals surface area contributed by atoms with Crippen LogP contribution in [-0.2, 0) is 11.2 Å². The molecule has 2 N–H and O–H groups in total. The van der Waals surface area contributed by atoms with Gasteiger partial charge in [-0.25, -0.2) is 8.78 Å². The number of aliphatic hydroxyl groups is 1. The molecule has 1 aliphatic carbocycles. The number of halogens is 2. The van der Waals surface area contributed by atoms with Crippen LogP contribution in [-0.4, -0.2) is 30.1 Å². The van der Waals surface area contributed by atoms with Crippen LogP contribution in [0.2, 0.25) is 0 Å².